The number of hydrogen-bond acceptors (Lipinski definition) is 4. The number of nitrogens with zero attached hydrogens (tertiary/aromatic N) is 2. The Morgan fingerprint density at radius 3 is 3.12 bits per heavy atom. The summed E-state index contributed by atoms with van der Waals surface area (Å²) in [7, 11) is 0. The van der Waals surface area contributed by atoms with Crippen molar-refractivity contribution in [2.75, 3.05) is 5.73 Å². The molecule has 0 amide bonds. The van der Waals surface area contributed by atoms with Gasteiger partial charge < -0.3 is 15.8 Å². The monoisotopic (exact) mass is 218 g/mol. The molecule has 16 heavy (non-hydrogen) atoms. The van der Waals surface area contributed by atoms with Crippen molar-refractivity contribution in [3.05, 3.63) is 24.2 Å². The lowest BCUT2D eigenvalue weighted by Gasteiger charge is -1.95. The third kappa shape index (κ3) is 1.85. The van der Waals surface area contributed by atoms with Gasteiger partial charge in [-0.3, -0.25) is 4.79 Å². The van der Waals surface area contributed by atoms with Crippen LogP contribution in [0.4, 0.5) is 5.82 Å². The van der Waals surface area contributed by atoms with Gasteiger partial charge in [-0.15, -0.1) is 0 Å². The van der Waals surface area contributed by atoms with Gasteiger partial charge in [0.25, 0.3) is 0 Å². The lowest BCUT2D eigenvalue weighted by Crippen LogP contribution is -1.92. The molecule has 2 rings (SSSR count). The first-order valence-corrected chi connectivity index (χ1v) is 4.64. The van der Waals surface area contributed by atoms with Crippen molar-refractivity contribution in [3.8, 4) is 0 Å². The molecule has 0 radical (unpaired) electrons. The van der Waals surface area contributed by atoms with Gasteiger partial charge in [0.2, 0.25) is 0 Å². The second kappa shape index (κ2) is 4.01. The molecule has 82 valence electrons. The molecule has 6 nitrogen and oxygen atoms in total. The normalized spacial score (nSPS) is 11.2. The van der Waals surface area contributed by atoms with E-state index in [1.54, 1.807) is 18.3 Å². The quantitative estimate of drug-likeness (QED) is 0.713. The number of nitrogens with one attached hydrogen (secondary N) is 1. The van der Waals surface area contributed by atoms with Crippen LogP contribution in [-0.2, 0) is 4.79 Å². The van der Waals surface area contributed by atoms with Crippen LogP contribution in [0.25, 0.3) is 17.1 Å². The van der Waals surface area contributed by atoms with Crippen LogP contribution in [0.15, 0.2) is 18.6 Å². The van der Waals surface area contributed by atoms with Gasteiger partial charge in [0, 0.05) is 11.8 Å². The first-order chi connectivity index (χ1) is 7.68. The SMILES string of the molecule is Nc1ncnc2[nH]cc(C=CCC(=O)O)c12. The third-order valence-corrected chi connectivity index (χ3v) is 2.12. The zero-order valence-corrected chi connectivity index (χ0v) is 8.34. The number of aromatic nitrogens is 3. The fraction of sp³-hybridized carbons (Fsp3) is 0.100. The van der Waals surface area contributed by atoms with E-state index in [0.717, 1.165) is 5.56 Å². The summed E-state index contributed by atoms with van der Waals surface area (Å²) in [5, 5.41) is 9.21. The lowest BCUT2D eigenvalue weighted by atomic mass is 10.2. The Hall–Kier alpha value is -2.37. The van der Waals surface area contributed by atoms with E-state index in [0.29, 0.717) is 16.9 Å². The molecule has 0 aromatic carbocycles. The number of nitrogen functional groups attached to an aromatic ring is 1. The van der Waals surface area contributed by atoms with Crippen molar-refractivity contribution in [1.82, 2.24) is 15.0 Å². The topological polar surface area (TPSA) is 105 Å². The Bertz CT molecular complexity index is 559. The zero-order valence-electron chi connectivity index (χ0n) is 8.34. The van der Waals surface area contributed by atoms with Crippen LogP contribution < -0.4 is 5.73 Å². The molecular formula is C10H10N4O2. The summed E-state index contributed by atoms with van der Waals surface area (Å²) in [4.78, 5) is 21.2. The van der Waals surface area contributed by atoms with Crippen LogP contribution in [0.5, 0.6) is 0 Å². The van der Waals surface area contributed by atoms with E-state index in [1.165, 1.54) is 6.33 Å². The van der Waals surface area contributed by atoms with E-state index in [9.17, 15) is 4.79 Å². The van der Waals surface area contributed by atoms with Crippen molar-refractivity contribution in [3.63, 3.8) is 0 Å². The van der Waals surface area contributed by atoms with Crippen molar-refractivity contribution in [2.24, 2.45) is 0 Å². The summed E-state index contributed by atoms with van der Waals surface area (Å²) in [6, 6.07) is 0. The second-order valence-electron chi connectivity index (χ2n) is 3.23. The molecular weight excluding hydrogens is 208 g/mol. The Balaban J connectivity index is 2.38. The van der Waals surface area contributed by atoms with E-state index in [-0.39, 0.29) is 6.42 Å². The second-order valence-corrected chi connectivity index (χ2v) is 3.23. The Labute approximate surface area is 90.8 Å². The van der Waals surface area contributed by atoms with Crippen molar-refractivity contribution in [1.29, 1.82) is 0 Å². The molecule has 2 aromatic rings. The molecule has 2 heterocycles. The summed E-state index contributed by atoms with van der Waals surface area (Å²) in [6.07, 6.45) is 6.30. The highest BCUT2D eigenvalue weighted by molar-refractivity contribution is 5.94. The molecule has 4 N–H and O–H groups in total. The molecule has 0 spiro atoms. The van der Waals surface area contributed by atoms with Crippen LogP contribution in [0.3, 0.4) is 0 Å². The predicted molar refractivity (Wildman–Crippen MR) is 59.6 cm³/mol. The Morgan fingerprint density at radius 2 is 2.38 bits per heavy atom. The fourth-order valence-corrected chi connectivity index (χ4v) is 1.43. The average Bonchev–Trinajstić information content (AvgIpc) is 2.62. The lowest BCUT2D eigenvalue weighted by molar-refractivity contribution is -0.135. The number of carboxylic acids is 1. The van der Waals surface area contributed by atoms with Gasteiger partial charge in [-0.25, -0.2) is 9.97 Å². The zero-order chi connectivity index (χ0) is 11.5. The van der Waals surface area contributed by atoms with Gasteiger partial charge >= 0.3 is 5.97 Å². The molecule has 6 heteroatoms. The number of carbonyl (C=O) groups is 1. The van der Waals surface area contributed by atoms with Gasteiger partial charge in [-0.1, -0.05) is 12.2 Å². The maximum absolute atomic E-state index is 10.3. The number of hydrogen-bond donors (Lipinski definition) is 3. The number of nitrogens with two attached hydrogens (primary N) is 1. The number of rotatable bonds is 3. The minimum atomic E-state index is -0.875. The fourth-order valence-electron chi connectivity index (χ4n) is 1.43. The van der Waals surface area contributed by atoms with Crippen LogP contribution in [0.2, 0.25) is 0 Å². The molecule has 0 atom stereocenters. The highest BCUT2D eigenvalue weighted by Gasteiger charge is 2.06. The highest BCUT2D eigenvalue weighted by atomic mass is 16.4. The molecule has 2 aromatic heterocycles. The summed E-state index contributed by atoms with van der Waals surface area (Å²) in [6.45, 7) is 0. The van der Waals surface area contributed by atoms with Crippen molar-refractivity contribution >= 4 is 28.9 Å². The molecule has 0 aliphatic rings. The maximum atomic E-state index is 10.3. The molecule has 0 aliphatic heterocycles. The van der Waals surface area contributed by atoms with Crippen molar-refractivity contribution in [2.45, 2.75) is 6.42 Å². The summed E-state index contributed by atoms with van der Waals surface area (Å²) in [5.74, 6) is -0.499. The minimum Gasteiger partial charge on any atom is -0.481 e. The number of fused-ring (bicyclic) bond motifs is 1. The smallest absolute Gasteiger partial charge is 0.307 e. The molecule has 0 bridgehead atoms. The standard InChI is InChI=1S/C10H10N4O2/c11-9-8-6(2-1-3-7(15)16)4-12-10(8)14-5-13-9/h1-2,4-5H,3H2,(H,15,16)(H3,11,12,13,14). The summed E-state index contributed by atoms with van der Waals surface area (Å²) < 4.78 is 0. The van der Waals surface area contributed by atoms with E-state index >= 15 is 0 Å². The van der Waals surface area contributed by atoms with Crippen LogP contribution in [-0.4, -0.2) is 26.0 Å². The van der Waals surface area contributed by atoms with Crippen molar-refractivity contribution < 1.29 is 9.90 Å². The van der Waals surface area contributed by atoms with Gasteiger partial charge in [-0.2, -0.15) is 0 Å². The summed E-state index contributed by atoms with van der Waals surface area (Å²) in [5.41, 5.74) is 7.14. The number of carboxylic acid groups (broad SMARTS) is 1. The van der Waals surface area contributed by atoms with Crippen LogP contribution >= 0.6 is 0 Å². The largest absolute Gasteiger partial charge is 0.481 e. The maximum Gasteiger partial charge on any atom is 0.307 e. The molecule has 0 aliphatic carbocycles. The average molecular weight is 218 g/mol. The number of aliphatic carboxylic acids is 1. The van der Waals surface area contributed by atoms with E-state index in [1.807, 2.05) is 0 Å². The van der Waals surface area contributed by atoms with Gasteiger partial charge in [0.1, 0.15) is 17.8 Å². The van der Waals surface area contributed by atoms with Crippen LogP contribution in [0.1, 0.15) is 12.0 Å². The predicted octanol–water partition coefficient (Wildman–Crippen LogP) is 1.03. The Morgan fingerprint density at radius 1 is 1.56 bits per heavy atom. The minimum absolute atomic E-state index is 0.0275. The summed E-state index contributed by atoms with van der Waals surface area (Å²) >= 11 is 0. The van der Waals surface area contributed by atoms with Gasteiger partial charge in [0.15, 0.2) is 0 Å². The molecule has 0 unspecified atom stereocenters. The first kappa shape index (κ1) is 10.2. The third-order valence-electron chi connectivity index (χ3n) is 2.12. The number of H-pyrrole nitrogens is 1. The number of aromatic amines is 1. The molecule has 0 saturated carbocycles. The highest BCUT2D eigenvalue weighted by Crippen LogP contribution is 2.21. The molecule has 0 fully saturated rings. The number of anilines is 1. The van der Waals surface area contributed by atoms with E-state index < -0.39 is 5.97 Å². The molecule has 0 saturated heterocycles. The van der Waals surface area contributed by atoms with E-state index in [2.05, 4.69) is 15.0 Å². The van der Waals surface area contributed by atoms with Crippen LogP contribution in [0, 0.1) is 0 Å². The first-order valence-electron chi connectivity index (χ1n) is 4.64. The van der Waals surface area contributed by atoms with Gasteiger partial charge in [0.05, 0.1) is 11.8 Å². The van der Waals surface area contributed by atoms with E-state index in [4.69, 9.17) is 10.8 Å². The van der Waals surface area contributed by atoms with Gasteiger partial charge in [-0.05, 0) is 0 Å². The Kier molecular flexibility index (Phi) is 2.55.